The van der Waals surface area contributed by atoms with Gasteiger partial charge in [0.2, 0.25) is 0 Å². The third-order valence-electron chi connectivity index (χ3n) is 4.73. The Morgan fingerprint density at radius 3 is 2.59 bits per heavy atom. The smallest absolute Gasteiger partial charge is 0.335 e. The van der Waals surface area contributed by atoms with Gasteiger partial charge in [-0.05, 0) is 37.5 Å². The maximum absolute atomic E-state index is 11.5. The molecule has 2 aromatic rings. The van der Waals surface area contributed by atoms with E-state index in [1.807, 2.05) is 56.3 Å². The van der Waals surface area contributed by atoms with Gasteiger partial charge < -0.3 is 19.3 Å². The van der Waals surface area contributed by atoms with E-state index in [9.17, 15) is 9.90 Å². The van der Waals surface area contributed by atoms with Gasteiger partial charge in [-0.25, -0.2) is 4.79 Å². The SMILES string of the molecule is CC1(C)OC[C@H](Cc2ccccc2C(=O)O)[C@H](COCc2ccccc2)O1. The molecule has 0 amide bonds. The number of hydrogen-bond donors (Lipinski definition) is 1. The van der Waals surface area contributed by atoms with Crippen LogP contribution in [0.5, 0.6) is 0 Å². The molecule has 2 aromatic carbocycles. The summed E-state index contributed by atoms with van der Waals surface area (Å²) < 4.78 is 17.8. The number of carbonyl (C=O) groups is 1. The van der Waals surface area contributed by atoms with Crippen molar-refractivity contribution in [1.29, 1.82) is 0 Å². The Labute approximate surface area is 159 Å². The van der Waals surface area contributed by atoms with Crippen LogP contribution in [0.25, 0.3) is 0 Å². The van der Waals surface area contributed by atoms with Crippen molar-refractivity contribution in [2.24, 2.45) is 5.92 Å². The molecule has 144 valence electrons. The van der Waals surface area contributed by atoms with Crippen molar-refractivity contribution in [2.75, 3.05) is 13.2 Å². The van der Waals surface area contributed by atoms with Crippen molar-refractivity contribution in [1.82, 2.24) is 0 Å². The maximum atomic E-state index is 11.5. The summed E-state index contributed by atoms with van der Waals surface area (Å²) in [5.74, 6) is -1.57. The third-order valence-corrected chi connectivity index (χ3v) is 4.73. The summed E-state index contributed by atoms with van der Waals surface area (Å²) in [5.41, 5.74) is 2.22. The number of hydrogen-bond acceptors (Lipinski definition) is 4. The molecular formula is C22H26O5. The lowest BCUT2D eigenvalue weighted by atomic mass is 9.91. The van der Waals surface area contributed by atoms with Crippen molar-refractivity contribution in [3.05, 3.63) is 71.3 Å². The van der Waals surface area contributed by atoms with Gasteiger partial charge in [-0.3, -0.25) is 0 Å². The number of carboxylic acid groups (broad SMARTS) is 1. The van der Waals surface area contributed by atoms with Crippen LogP contribution in [-0.4, -0.2) is 36.2 Å². The van der Waals surface area contributed by atoms with Gasteiger partial charge in [0.15, 0.2) is 5.79 Å². The van der Waals surface area contributed by atoms with Gasteiger partial charge in [-0.2, -0.15) is 0 Å². The standard InChI is InChI=1S/C22H26O5/c1-22(2)26-14-18(12-17-10-6-7-11-19(17)21(23)24)20(27-22)15-25-13-16-8-4-3-5-9-16/h3-11,18,20H,12-15H2,1-2H3,(H,23,24)/t18-,20-/m0/s1. The Balaban J connectivity index is 1.67. The van der Waals surface area contributed by atoms with Crippen molar-refractivity contribution >= 4 is 5.97 Å². The molecular weight excluding hydrogens is 344 g/mol. The second kappa shape index (κ2) is 8.65. The minimum Gasteiger partial charge on any atom is -0.478 e. The molecule has 0 aliphatic carbocycles. The van der Waals surface area contributed by atoms with Gasteiger partial charge in [0.25, 0.3) is 0 Å². The van der Waals surface area contributed by atoms with Gasteiger partial charge in [0.05, 0.1) is 31.5 Å². The van der Waals surface area contributed by atoms with Gasteiger partial charge in [0, 0.05) is 5.92 Å². The van der Waals surface area contributed by atoms with Crippen LogP contribution in [-0.2, 0) is 27.2 Å². The first-order valence-electron chi connectivity index (χ1n) is 9.19. The van der Waals surface area contributed by atoms with Gasteiger partial charge in [-0.1, -0.05) is 48.5 Å². The van der Waals surface area contributed by atoms with Crippen LogP contribution in [0.15, 0.2) is 54.6 Å². The summed E-state index contributed by atoms with van der Waals surface area (Å²) in [5, 5.41) is 9.42. The Hall–Kier alpha value is -2.21. The molecule has 2 atom stereocenters. The fraction of sp³-hybridized carbons (Fsp3) is 0.409. The fourth-order valence-electron chi connectivity index (χ4n) is 3.33. The zero-order valence-electron chi connectivity index (χ0n) is 15.8. The van der Waals surface area contributed by atoms with Crippen LogP contribution in [0.2, 0.25) is 0 Å². The highest BCUT2D eigenvalue weighted by Crippen LogP contribution is 2.29. The Kier molecular flexibility index (Phi) is 6.26. The van der Waals surface area contributed by atoms with E-state index < -0.39 is 11.8 Å². The number of carboxylic acids is 1. The van der Waals surface area contributed by atoms with Crippen LogP contribution < -0.4 is 0 Å². The molecule has 5 nitrogen and oxygen atoms in total. The van der Waals surface area contributed by atoms with Gasteiger partial charge in [0.1, 0.15) is 0 Å². The summed E-state index contributed by atoms with van der Waals surface area (Å²) in [7, 11) is 0. The summed E-state index contributed by atoms with van der Waals surface area (Å²) in [6, 6.07) is 17.1. The second-order valence-corrected chi connectivity index (χ2v) is 7.29. The molecule has 1 saturated heterocycles. The number of benzene rings is 2. The highest BCUT2D eigenvalue weighted by atomic mass is 16.7. The molecule has 0 saturated carbocycles. The molecule has 1 aliphatic rings. The molecule has 0 spiro atoms. The van der Waals surface area contributed by atoms with Crippen molar-refractivity contribution in [2.45, 2.75) is 38.8 Å². The van der Waals surface area contributed by atoms with E-state index in [0.29, 0.717) is 31.8 Å². The van der Waals surface area contributed by atoms with E-state index in [1.165, 1.54) is 0 Å². The average Bonchev–Trinajstić information content (AvgIpc) is 2.65. The van der Waals surface area contributed by atoms with Gasteiger partial charge >= 0.3 is 5.97 Å². The maximum Gasteiger partial charge on any atom is 0.335 e. The summed E-state index contributed by atoms with van der Waals surface area (Å²) in [6.45, 7) is 5.22. The zero-order chi connectivity index (χ0) is 19.3. The molecule has 1 fully saturated rings. The van der Waals surface area contributed by atoms with Gasteiger partial charge in [-0.15, -0.1) is 0 Å². The highest BCUT2D eigenvalue weighted by Gasteiger charge is 2.37. The predicted molar refractivity (Wildman–Crippen MR) is 102 cm³/mol. The largest absolute Gasteiger partial charge is 0.478 e. The monoisotopic (exact) mass is 370 g/mol. The molecule has 3 rings (SSSR count). The molecule has 1 N–H and O–H groups in total. The van der Waals surface area contributed by atoms with Crippen LogP contribution in [0.3, 0.4) is 0 Å². The molecule has 0 aromatic heterocycles. The van der Waals surface area contributed by atoms with Crippen molar-refractivity contribution < 1.29 is 24.1 Å². The average molecular weight is 370 g/mol. The zero-order valence-corrected chi connectivity index (χ0v) is 15.8. The van der Waals surface area contributed by atoms with Crippen molar-refractivity contribution in [3.8, 4) is 0 Å². The van der Waals surface area contributed by atoms with E-state index in [2.05, 4.69) is 0 Å². The lowest BCUT2D eigenvalue weighted by molar-refractivity contribution is -0.300. The number of aromatic carboxylic acids is 1. The molecule has 0 unspecified atom stereocenters. The van der Waals surface area contributed by atoms with E-state index in [1.54, 1.807) is 12.1 Å². The minimum absolute atomic E-state index is 0.0225. The second-order valence-electron chi connectivity index (χ2n) is 7.29. The minimum atomic E-state index is -0.916. The molecule has 1 aliphatic heterocycles. The van der Waals surface area contributed by atoms with Crippen molar-refractivity contribution in [3.63, 3.8) is 0 Å². The van der Waals surface area contributed by atoms with Crippen LogP contribution in [0.1, 0.15) is 35.3 Å². The topological polar surface area (TPSA) is 65.0 Å². The number of rotatable bonds is 7. The van der Waals surface area contributed by atoms with E-state index in [-0.39, 0.29) is 12.0 Å². The van der Waals surface area contributed by atoms with E-state index >= 15 is 0 Å². The lowest BCUT2D eigenvalue weighted by Crippen LogP contribution is -2.48. The molecule has 0 bridgehead atoms. The Bertz CT molecular complexity index is 756. The number of ether oxygens (including phenoxy) is 3. The normalized spacial score (nSPS) is 21.7. The first-order chi connectivity index (χ1) is 12.9. The molecule has 5 heteroatoms. The fourth-order valence-corrected chi connectivity index (χ4v) is 3.33. The van der Waals surface area contributed by atoms with Crippen LogP contribution in [0, 0.1) is 5.92 Å². The highest BCUT2D eigenvalue weighted by molar-refractivity contribution is 5.89. The predicted octanol–water partition coefficient (Wildman–Crippen LogP) is 3.91. The molecule has 27 heavy (non-hydrogen) atoms. The summed E-state index contributed by atoms with van der Waals surface area (Å²) in [4.78, 5) is 11.5. The first kappa shape index (κ1) is 19.5. The molecule has 0 radical (unpaired) electrons. The summed E-state index contributed by atoms with van der Waals surface area (Å²) >= 11 is 0. The van der Waals surface area contributed by atoms with Crippen LogP contribution >= 0.6 is 0 Å². The van der Waals surface area contributed by atoms with E-state index in [0.717, 1.165) is 11.1 Å². The third kappa shape index (κ3) is 5.39. The van der Waals surface area contributed by atoms with Crippen LogP contribution in [0.4, 0.5) is 0 Å². The Morgan fingerprint density at radius 2 is 1.85 bits per heavy atom. The van der Waals surface area contributed by atoms with E-state index in [4.69, 9.17) is 14.2 Å². The lowest BCUT2D eigenvalue weighted by Gasteiger charge is -2.41. The summed E-state index contributed by atoms with van der Waals surface area (Å²) in [6.07, 6.45) is 0.400. The Morgan fingerprint density at radius 1 is 1.15 bits per heavy atom. The first-order valence-corrected chi connectivity index (χ1v) is 9.19. The quantitative estimate of drug-likeness (QED) is 0.800. The molecule has 1 heterocycles.